The lowest BCUT2D eigenvalue weighted by Gasteiger charge is -2.25. The molecular formula is C15H25FN2O. The summed E-state index contributed by atoms with van der Waals surface area (Å²) in [5.41, 5.74) is 1.98. The molecule has 0 aliphatic heterocycles. The highest BCUT2D eigenvalue weighted by Gasteiger charge is 2.14. The lowest BCUT2D eigenvalue weighted by atomic mass is 10.0. The van der Waals surface area contributed by atoms with E-state index in [-0.39, 0.29) is 18.5 Å². The predicted octanol–water partition coefficient (Wildman–Crippen LogP) is 2.70. The molecule has 2 N–H and O–H groups in total. The van der Waals surface area contributed by atoms with Gasteiger partial charge in [-0.05, 0) is 44.4 Å². The number of halogens is 1. The highest BCUT2D eigenvalue weighted by Crippen LogP contribution is 2.26. The Balaban J connectivity index is 2.78. The summed E-state index contributed by atoms with van der Waals surface area (Å²) in [6.07, 6.45) is 1.73. The normalized spacial score (nSPS) is 14.2. The predicted molar refractivity (Wildman–Crippen MR) is 78.1 cm³/mol. The van der Waals surface area contributed by atoms with Crippen molar-refractivity contribution in [3.63, 3.8) is 0 Å². The van der Waals surface area contributed by atoms with E-state index in [1.807, 2.05) is 25.1 Å². The quantitative estimate of drug-likeness (QED) is 0.798. The number of aliphatic hydroxyl groups excluding tert-OH is 1. The molecule has 108 valence electrons. The van der Waals surface area contributed by atoms with E-state index in [9.17, 15) is 4.39 Å². The van der Waals surface area contributed by atoms with Crippen molar-refractivity contribution < 1.29 is 9.50 Å². The maximum absolute atomic E-state index is 13.3. The van der Waals surface area contributed by atoms with Crippen molar-refractivity contribution in [2.75, 3.05) is 25.6 Å². The van der Waals surface area contributed by atoms with Crippen molar-refractivity contribution in [3.05, 3.63) is 29.6 Å². The average Bonchev–Trinajstić information content (AvgIpc) is 2.35. The first-order valence-corrected chi connectivity index (χ1v) is 6.79. The number of anilines is 1. The van der Waals surface area contributed by atoms with Gasteiger partial charge in [-0.3, -0.25) is 0 Å². The number of benzene rings is 1. The van der Waals surface area contributed by atoms with Crippen LogP contribution in [0.1, 0.15) is 38.3 Å². The maximum Gasteiger partial charge on any atom is 0.125 e. The second-order valence-corrected chi connectivity index (χ2v) is 5.25. The maximum atomic E-state index is 13.3. The summed E-state index contributed by atoms with van der Waals surface area (Å²) < 4.78 is 13.3. The Morgan fingerprint density at radius 2 is 2.00 bits per heavy atom. The third-order valence-electron chi connectivity index (χ3n) is 3.27. The van der Waals surface area contributed by atoms with Gasteiger partial charge in [-0.2, -0.15) is 0 Å². The first-order chi connectivity index (χ1) is 8.95. The molecule has 0 heterocycles. The van der Waals surface area contributed by atoms with Crippen LogP contribution in [0.25, 0.3) is 0 Å². The second-order valence-electron chi connectivity index (χ2n) is 5.25. The molecule has 0 fully saturated rings. The van der Waals surface area contributed by atoms with Gasteiger partial charge in [-0.1, -0.05) is 6.07 Å². The largest absolute Gasteiger partial charge is 0.396 e. The SMILES string of the molecule is CC(CCCO)NC(C)c1ccc(F)cc1N(C)C. The zero-order valence-electron chi connectivity index (χ0n) is 12.3. The Kier molecular flexibility index (Phi) is 6.25. The first-order valence-electron chi connectivity index (χ1n) is 6.79. The van der Waals surface area contributed by atoms with Gasteiger partial charge in [-0.25, -0.2) is 4.39 Å². The van der Waals surface area contributed by atoms with E-state index < -0.39 is 0 Å². The van der Waals surface area contributed by atoms with E-state index in [1.165, 1.54) is 6.07 Å². The fourth-order valence-electron chi connectivity index (χ4n) is 2.27. The minimum Gasteiger partial charge on any atom is -0.396 e. The molecule has 0 saturated heterocycles. The van der Waals surface area contributed by atoms with E-state index in [4.69, 9.17) is 5.11 Å². The number of aliphatic hydroxyl groups is 1. The molecule has 2 atom stereocenters. The van der Waals surface area contributed by atoms with Gasteiger partial charge in [0.05, 0.1) is 0 Å². The van der Waals surface area contributed by atoms with E-state index in [2.05, 4.69) is 19.2 Å². The van der Waals surface area contributed by atoms with Gasteiger partial charge in [0.2, 0.25) is 0 Å². The second kappa shape index (κ2) is 7.46. The molecule has 2 unspecified atom stereocenters. The zero-order valence-corrected chi connectivity index (χ0v) is 12.3. The van der Waals surface area contributed by atoms with Crippen LogP contribution in [-0.2, 0) is 0 Å². The molecule has 4 heteroatoms. The van der Waals surface area contributed by atoms with Crippen molar-refractivity contribution in [1.82, 2.24) is 5.32 Å². The average molecular weight is 268 g/mol. The van der Waals surface area contributed by atoms with E-state index in [1.54, 1.807) is 6.07 Å². The molecule has 0 amide bonds. The lowest BCUT2D eigenvalue weighted by Crippen LogP contribution is -2.30. The fraction of sp³-hybridized carbons (Fsp3) is 0.600. The molecular weight excluding hydrogens is 243 g/mol. The highest BCUT2D eigenvalue weighted by molar-refractivity contribution is 5.54. The first kappa shape index (κ1) is 15.9. The van der Waals surface area contributed by atoms with Crippen LogP contribution in [0.15, 0.2) is 18.2 Å². The standard InChI is InChI=1S/C15H25FN2O/c1-11(6-5-9-19)17-12(2)14-8-7-13(16)10-15(14)18(3)4/h7-8,10-12,17,19H,5-6,9H2,1-4H3. The molecule has 0 radical (unpaired) electrons. The molecule has 3 nitrogen and oxygen atoms in total. The van der Waals surface area contributed by atoms with Crippen molar-refractivity contribution >= 4 is 5.69 Å². The molecule has 1 aromatic carbocycles. The van der Waals surface area contributed by atoms with Crippen LogP contribution in [0, 0.1) is 5.82 Å². The molecule has 0 aliphatic carbocycles. The lowest BCUT2D eigenvalue weighted by molar-refractivity contribution is 0.274. The van der Waals surface area contributed by atoms with Crippen LogP contribution in [0.3, 0.4) is 0 Å². The van der Waals surface area contributed by atoms with Gasteiger partial charge >= 0.3 is 0 Å². The van der Waals surface area contributed by atoms with Gasteiger partial charge < -0.3 is 15.3 Å². The Bertz CT molecular complexity index is 396. The summed E-state index contributed by atoms with van der Waals surface area (Å²) in [6, 6.07) is 5.36. The van der Waals surface area contributed by atoms with E-state index in [0.717, 1.165) is 24.1 Å². The van der Waals surface area contributed by atoms with Crippen LogP contribution in [0.4, 0.5) is 10.1 Å². The third kappa shape index (κ3) is 4.80. The Morgan fingerprint density at radius 3 is 2.58 bits per heavy atom. The Hall–Kier alpha value is -1.13. The highest BCUT2D eigenvalue weighted by atomic mass is 19.1. The summed E-state index contributed by atoms with van der Waals surface area (Å²) >= 11 is 0. The van der Waals surface area contributed by atoms with Gasteiger partial charge in [0, 0.05) is 38.5 Å². The molecule has 0 aliphatic rings. The van der Waals surface area contributed by atoms with Crippen molar-refractivity contribution in [3.8, 4) is 0 Å². The minimum absolute atomic E-state index is 0.145. The van der Waals surface area contributed by atoms with Crippen LogP contribution >= 0.6 is 0 Å². The van der Waals surface area contributed by atoms with Gasteiger partial charge in [0.1, 0.15) is 5.82 Å². The van der Waals surface area contributed by atoms with Crippen LogP contribution in [0.5, 0.6) is 0 Å². The van der Waals surface area contributed by atoms with Gasteiger partial charge in [-0.15, -0.1) is 0 Å². The summed E-state index contributed by atoms with van der Waals surface area (Å²) in [6.45, 7) is 4.40. The van der Waals surface area contributed by atoms with Crippen molar-refractivity contribution in [2.24, 2.45) is 0 Å². The smallest absolute Gasteiger partial charge is 0.125 e. The summed E-state index contributed by atoms with van der Waals surface area (Å²) in [5, 5.41) is 12.3. The summed E-state index contributed by atoms with van der Waals surface area (Å²) in [5.74, 6) is -0.215. The molecule has 1 rings (SSSR count). The monoisotopic (exact) mass is 268 g/mol. The van der Waals surface area contributed by atoms with Crippen LogP contribution < -0.4 is 10.2 Å². The summed E-state index contributed by atoms with van der Waals surface area (Å²) in [7, 11) is 3.83. The number of rotatable bonds is 7. The van der Waals surface area contributed by atoms with Crippen LogP contribution in [0.2, 0.25) is 0 Å². The number of nitrogens with one attached hydrogen (secondary N) is 1. The molecule has 0 aromatic heterocycles. The molecule has 19 heavy (non-hydrogen) atoms. The minimum atomic E-state index is -0.215. The number of hydrogen-bond donors (Lipinski definition) is 2. The number of nitrogens with zero attached hydrogens (tertiary/aromatic N) is 1. The molecule has 0 saturated carbocycles. The van der Waals surface area contributed by atoms with Crippen molar-refractivity contribution in [1.29, 1.82) is 0 Å². The molecule has 1 aromatic rings. The van der Waals surface area contributed by atoms with Crippen LogP contribution in [-0.4, -0.2) is 31.9 Å². The molecule has 0 spiro atoms. The van der Waals surface area contributed by atoms with E-state index in [0.29, 0.717) is 6.04 Å². The van der Waals surface area contributed by atoms with E-state index >= 15 is 0 Å². The fourth-order valence-corrected chi connectivity index (χ4v) is 2.27. The topological polar surface area (TPSA) is 35.5 Å². The van der Waals surface area contributed by atoms with Gasteiger partial charge in [0.25, 0.3) is 0 Å². The van der Waals surface area contributed by atoms with Crippen molar-refractivity contribution in [2.45, 2.75) is 38.8 Å². The Labute approximate surface area is 115 Å². The summed E-state index contributed by atoms with van der Waals surface area (Å²) in [4.78, 5) is 1.93. The van der Waals surface area contributed by atoms with Gasteiger partial charge in [0.15, 0.2) is 0 Å². The molecule has 0 bridgehead atoms. The zero-order chi connectivity index (χ0) is 14.4. The number of hydrogen-bond acceptors (Lipinski definition) is 3. The third-order valence-corrected chi connectivity index (χ3v) is 3.27. The Morgan fingerprint density at radius 1 is 1.32 bits per heavy atom.